The van der Waals surface area contributed by atoms with Crippen molar-refractivity contribution in [3.63, 3.8) is 0 Å². The summed E-state index contributed by atoms with van der Waals surface area (Å²) in [4.78, 5) is 0. The summed E-state index contributed by atoms with van der Waals surface area (Å²) in [7, 11) is 0. The molecule has 1 fully saturated rings. The number of hydrogen-bond donors (Lipinski definition) is 1. The maximum atomic E-state index is 5.81. The van der Waals surface area contributed by atoms with E-state index in [4.69, 9.17) is 17.3 Å². The Bertz CT molecular complexity index is 275. The Balaban J connectivity index is 1.99. The van der Waals surface area contributed by atoms with E-state index >= 15 is 0 Å². The molecule has 1 aromatic carbocycles. The van der Waals surface area contributed by atoms with Crippen LogP contribution < -0.4 is 5.73 Å². The summed E-state index contributed by atoms with van der Waals surface area (Å²) in [5.41, 5.74) is 6.99. The second kappa shape index (κ2) is 3.69. The van der Waals surface area contributed by atoms with Crippen molar-refractivity contribution in [2.75, 3.05) is 6.54 Å². The van der Waals surface area contributed by atoms with Crippen LogP contribution in [0.1, 0.15) is 24.3 Å². The fourth-order valence-corrected chi connectivity index (χ4v) is 2.06. The Kier molecular flexibility index (Phi) is 2.56. The summed E-state index contributed by atoms with van der Waals surface area (Å²) < 4.78 is 0. The van der Waals surface area contributed by atoms with Crippen LogP contribution in [0.15, 0.2) is 24.3 Å². The molecule has 13 heavy (non-hydrogen) atoms. The van der Waals surface area contributed by atoms with E-state index in [0.29, 0.717) is 0 Å². The number of halogens is 1. The summed E-state index contributed by atoms with van der Waals surface area (Å²) in [6.07, 6.45) is 2.50. The molecule has 0 unspecified atom stereocenters. The molecule has 1 aliphatic rings. The first kappa shape index (κ1) is 9.04. The zero-order valence-electron chi connectivity index (χ0n) is 7.54. The van der Waals surface area contributed by atoms with E-state index in [1.807, 2.05) is 12.1 Å². The lowest BCUT2D eigenvalue weighted by atomic mass is 9.71. The normalized spacial score (nSPS) is 26.9. The van der Waals surface area contributed by atoms with Gasteiger partial charge in [-0.15, -0.1) is 0 Å². The fraction of sp³-hybridized carbons (Fsp3) is 0.455. The molecule has 0 aromatic heterocycles. The lowest BCUT2D eigenvalue weighted by Crippen LogP contribution is -2.28. The van der Waals surface area contributed by atoms with Gasteiger partial charge in [-0.2, -0.15) is 0 Å². The van der Waals surface area contributed by atoms with Crippen LogP contribution in [-0.4, -0.2) is 6.54 Å². The van der Waals surface area contributed by atoms with Gasteiger partial charge < -0.3 is 5.73 Å². The van der Waals surface area contributed by atoms with Crippen molar-refractivity contribution in [1.82, 2.24) is 0 Å². The second-order valence-corrected chi connectivity index (χ2v) is 4.26. The molecule has 2 rings (SSSR count). The Morgan fingerprint density at radius 2 is 1.85 bits per heavy atom. The van der Waals surface area contributed by atoms with Crippen LogP contribution in [0.3, 0.4) is 0 Å². The summed E-state index contributed by atoms with van der Waals surface area (Å²) >= 11 is 5.81. The molecule has 1 nitrogen and oxygen atoms in total. The van der Waals surface area contributed by atoms with Gasteiger partial charge in [-0.05, 0) is 48.9 Å². The van der Waals surface area contributed by atoms with Gasteiger partial charge in [0.15, 0.2) is 0 Å². The summed E-state index contributed by atoms with van der Waals surface area (Å²) in [6, 6.07) is 8.18. The number of nitrogens with two attached hydrogens (primary N) is 1. The largest absolute Gasteiger partial charge is 0.330 e. The maximum absolute atomic E-state index is 5.81. The molecule has 0 bridgehead atoms. The second-order valence-electron chi connectivity index (χ2n) is 3.82. The Morgan fingerprint density at radius 3 is 2.38 bits per heavy atom. The SMILES string of the molecule is NC[C@H]1C[C@@H](c2ccc(Cl)cc2)C1. The van der Waals surface area contributed by atoms with Gasteiger partial charge in [-0.25, -0.2) is 0 Å². The van der Waals surface area contributed by atoms with Crippen LogP contribution in [0.5, 0.6) is 0 Å². The molecule has 70 valence electrons. The first-order chi connectivity index (χ1) is 6.29. The smallest absolute Gasteiger partial charge is 0.0406 e. The lowest BCUT2D eigenvalue weighted by molar-refractivity contribution is 0.272. The average molecular weight is 196 g/mol. The Hall–Kier alpha value is -0.530. The highest BCUT2D eigenvalue weighted by atomic mass is 35.5. The lowest BCUT2D eigenvalue weighted by Gasteiger charge is -2.34. The molecule has 0 spiro atoms. The predicted octanol–water partition coefficient (Wildman–Crippen LogP) is 2.79. The van der Waals surface area contributed by atoms with E-state index < -0.39 is 0 Å². The van der Waals surface area contributed by atoms with Crippen molar-refractivity contribution in [1.29, 1.82) is 0 Å². The molecule has 0 saturated heterocycles. The van der Waals surface area contributed by atoms with E-state index in [9.17, 15) is 0 Å². The van der Waals surface area contributed by atoms with Gasteiger partial charge in [0.25, 0.3) is 0 Å². The Morgan fingerprint density at radius 1 is 1.23 bits per heavy atom. The van der Waals surface area contributed by atoms with Crippen molar-refractivity contribution < 1.29 is 0 Å². The van der Waals surface area contributed by atoms with Gasteiger partial charge in [0.1, 0.15) is 0 Å². The molecular formula is C11H14ClN. The average Bonchev–Trinajstić information content (AvgIpc) is 2.06. The molecule has 0 radical (unpaired) electrons. The first-order valence-electron chi connectivity index (χ1n) is 4.75. The van der Waals surface area contributed by atoms with Crippen molar-refractivity contribution >= 4 is 11.6 Å². The molecule has 0 amide bonds. The zero-order valence-corrected chi connectivity index (χ0v) is 8.30. The van der Waals surface area contributed by atoms with E-state index in [1.54, 1.807) is 0 Å². The van der Waals surface area contributed by atoms with Crippen molar-refractivity contribution in [2.45, 2.75) is 18.8 Å². The first-order valence-corrected chi connectivity index (χ1v) is 5.13. The molecule has 1 aromatic rings. The highest BCUT2D eigenvalue weighted by Gasteiger charge is 2.28. The van der Waals surface area contributed by atoms with Crippen LogP contribution in [0.4, 0.5) is 0 Å². The van der Waals surface area contributed by atoms with Crippen LogP contribution in [0.25, 0.3) is 0 Å². The molecule has 0 atom stereocenters. The quantitative estimate of drug-likeness (QED) is 0.772. The molecule has 2 N–H and O–H groups in total. The minimum Gasteiger partial charge on any atom is -0.330 e. The van der Waals surface area contributed by atoms with Gasteiger partial charge in [-0.3, -0.25) is 0 Å². The molecule has 1 aliphatic carbocycles. The topological polar surface area (TPSA) is 26.0 Å². The Labute approximate surface area is 83.9 Å². The van der Waals surface area contributed by atoms with Crippen LogP contribution in [0.2, 0.25) is 5.02 Å². The highest BCUT2D eigenvalue weighted by molar-refractivity contribution is 6.30. The fourth-order valence-electron chi connectivity index (χ4n) is 1.94. The van der Waals surface area contributed by atoms with Crippen molar-refractivity contribution in [3.05, 3.63) is 34.9 Å². The molecule has 2 heteroatoms. The van der Waals surface area contributed by atoms with Gasteiger partial charge >= 0.3 is 0 Å². The summed E-state index contributed by atoms with van der Waals surface area (Å²) in [5, 5.41) is 0.818. The van der Waals surface area contributed by atoms with Crippen molar-refractivity contribution in [3.8, 4) is 0 Å². The minimum atomic E-state index is 0.728. The van der Waals surface area contributed by atoms with E-state index in [-0.39, 0.29) is 0 Å². The van der Waals surface area contributed by atoms with Crippen LogP contribution in [-0.2, 0) is 0 Å². The molecular weight excluding hydrogens is 182 g/mol. The highest BCUT2D eigenvalue weighted by Crippen LogP contribution is 2.40. The predicted molar refractivity (Wildman–Crippen MR) is 56.0 cm³/mol. The van der Waals surface area contributed by atoms with Crippen molar-refractivity contribution in [2.24, 2.45) is 11.7 Å². The number of rotatable bonds is 2. The third-order valence-corrected chi connectivity index (χ3v) is 3.16. The molecule has 0 heterocycles. The van der Waals surface area contributed by atoms with Crippen LogP contribution in [0, 0.1) is 5.92 Å². The number of benzene rings is 1. The third-order valence-electron chi connectivity index (χ3n) is 2.91. The van der Waals surface area contributed by atoms with Gasteiger partial charge in [0, 0.05) is 5.02 Å². The zero-order chi connectivity index (χ0) is 9.26. The third kappa shape index (κ3) is 1.87. The van der Waals surface area contributed by atoms with Crippen LogP contribution >= 0.6 is 11.6 Å². The standard InChI is InChI=1S/C11H14ClN/c12-11-3-1-9(2-4-11)10-5-8(6-10)7-13/h1-4,8,10H,5-7,13H2/t8-,10+. The van der Waals surface area contributed by atoms with E-state index in [2.05, 4.69) is 12.1 Å². The monoisotopic (exact) mass is 195 g/mol. The van der Waals surface area contributed by atoms with E-state index in [1.165, 1.54) is 18.4 Å². The summed E-state index contributed by atoms with van der Waals surface area (Å²) in [5.74, 6) is 1.48. The summed E-state index contributed by atoms with van der Waals surface area (Å²) in [6.45, 7) is 0.837. The molecule has 0 aliphatic heterocycles. The van der Waals surface area contributed by atoms with E-state index in [0.717, 1.165) is 23.4 Å². The van der Waals surface area contributed by atoms with Gasteiger partial charge in [0.05, 0.1) is 0 Å². The maximum Gasteiger partial charge on any atom is 0.0406 e. The van der Waals surface area contributed by atoms with Gasteiger partial charge in [0.2, 0.25) is 0 Å². The van der Waals surface area contributed by atoms with Gasteiger partial charge in [-0.1, -0.05) is 23.7 Å². The number of hydrogen-bond acceptors (Lipinski definition) is 1. The minimum absolute atomic E-state index is 0.728. The molecule has 1 saturated carbocycles.